The molecule has 1 heterocycles. The average Bonchev–Trinajstić information content (AvgIpc) is 2.94. The van der Waals surface area contributed by atoms with E-state index >= 15 is 0 Å². The van der Waals surface area contributed by atoms with Gasteiger partial charge in [0.2, 0.25) is 5.91 Å². The van der Waals surface area contributed by atoms with E-state index in [1.165, 1.54) is 63.4 Å². The van der Waals surface area contributed by atoms with Crippen molar-refractivity contribution in [3.63, 3.8) is 0 Å². The second kappa shape index (κ2) is 13.1. The number of benzene rings is 2. The molecule has 1 unspecified atom stereocenters. The first-order valence-corrected chi connectivity index (χ1v) is 12.8. The van der Waals surface area contributed by atoms with Crippen LogP contribution in [0.3, 0.4) is 0 Å². The van der Waals surface area contributed by atoms with Gasteiger partial charge in [0, 0.05) is 0 Å². The Morgan fingerprint density at radius 3 is 2.00 bits per heavy atom. The number of anilines is 1. The van der Waals surface area contributed by atoms with Crippen LogP contribution in [0.25, 0.3) is 11.3 Å². The first-order chi connectivity index (χ1) is 20.0. The molecule has 0 saturated heterocycles. The van der Waals surface area contributed by atoms with Crippen molar-refractivity contribution in [2.24, 2.45) is 5.92 Å². The fraction of sp³-hybridized carbons (Fsp3) is 0.310. The third kappa shape index (κ3) is 8.02. The third-order valence-corrected chi connectivity index (χ3v) is 6.35. The molecule has 2 aromatic carbocycles. The molecule has 0 aliphatic carbocycles. The second-order valence-electron chi connectivity index (χ2n) is 9.75. The molecule has 1 aromatic heterocycles. The number of ketones is 1. The van der Waals surface area contributed by atoms with Crippen LogP contribution in [0.4, 0.5) is 32.0 Å². The Balaban J connectivity index is 2.13. The van der Waals surface area contributed by atoms with Gasteiger partial charge in [-0.05, 0) is 41.3 Å². The number of pyridine rings is 1. The van der Waals surface area contributed by atoms with Gasteiger partial charge in [-0.15, -0.1) is 0 Å². The molecule has 0 radical (unpaired) electrons. The number of nitrogens with zero attached hydrogens (tertiary/aromatic N) is 2. The fourth-order valence-corrected chi connectivity index (χ4v) is 4.20. The smallest absolute Gasteiger partial charge is 0.471 e. The Labute approximate surface area is 241 Å². The highest BCUT2D eigenvalue weighted by molar-refractivity contribution is 5.97. The van der Waals surface area contributed by atoms with Crippen LogP contribution < -0.4 is 20.5 Å². The number of hydrogen-bond donors (Lipinski definition) is 1. The third-order valence-electron chi connectivity index (χ3n) is 6.35. The van der Waals surface area contributed by atoms with Gasteiger partial charge >= 0.3 is 18.3 Å². The Kier molecular flexibility index (Phi) is 10.0. The maximum atomic E-state index is 13.7. The Hall–Kier alpha value is -4.62. The van der Waals surface area contributed by atoms with Crippen LogP contribution in [0.15, 0.2) is 71.5 Å². The van der Waals surface area contributed by atoms with Crippen LogP contribution in [0.1, 0.15) is 19.4 Å². The Morgan fingerprint density at radius 2 is 1.49 bits per heavy atom. The van der Waals surface area contributed by atoms with E-state index in [4.69, 9.17) is 4.74 Å². The van der Waals surface area contributed by atoms with E-state index in [1.807, 2.05) is 5.32 Å². The molecule has 0 fully saturated rings. The first-order valence-electron chi connectivity index (χ1n) is 12.8. The minimum atomic E-state index is -5.39. The number of rotatable bonds is 10. The predicted molar refractivity (Wildman–Crippen MR) is 144 cm³/mol. The van der Waals surface area contributed by atoms with E-state index in [0.717, 1.165) is 10.6 Å². The van der Waals surface area contributed by atoms with Gasteiger partial charge in [0.25, 0.3) is 11.3 Å². The standard InChI is InChI=1S/C29H27F6N3O5/c1-17(2)24(25(40)28(30,31)32)36-23(39)16-37-21(19-7-5-4-6-8-19)13-14-22(26(37)41)38(27(42)29(33,34)35)15-18-9-11-20(43-3)12-10-18/h4-14,17,24H,15-16H2,1-3H3,(H,36,39). The van der Waals surface area contributed by atoms with Gasteiger partial charge in [-0.3, -0.25) is 28.6 Å². The zero-order chi connectivity index (χ0) is 32.1. The summed E-state index contributed by atoms with van der Waals surface area (Å²) >= 11 is 0. The average molecular weight is 612 g/mol. The first kappa shape index (κ1) is 32.9. The summed E-state index contributed by atoms with van der Waals surface area (Å²) in [6.45, 7) is 0.888. The van der Waals surface area contributed by atoms with Crippen molar-refractivity contribution in [1.29, 1.82) is 0 Å². The molecule has 0 bridgehead atoms. The van der Waals surface area contributed by atoms with Crippen molar-refractivity contribution in [2.75, 3.05) is 12.0 Å². The van der Waals surface area contributed by atoms with E-state index in [2.05, 4.69) is 0 Å². The summed E-state index contributed by atoms with van der Waals surface area (Å²) < 4.78 is 86.2. The summed E-state index contributed by atoms with van der Waals surface area (Å²) in [7, 11) is 1.38. The summed E-state index contributed by atoms with van der Waals surface area (Å²) in [5, 5.41) is 1.98. The summed E-state index contributed by atoms with van der Waals surface area (Å²) in [6.07, 6.45) is -10.6. The number of ether oxygens (including phenoxy) is 1. The van der Waals surface area contributed by atoms with Crippen LogP contribution in [0.5, 0.6) is 5.75 Å². The van der Waals surface area contributed by atoms with Gasteiger partial charge < -0.3 is 10.1 Å². The van der Waals surface area contributed by atoms with Gasteiger partial charge in [-0.25, -0.2) is 0 Å². The number of Topliss-reactive ketones (excluding diaryl/α,β-unsaturated/α-hetero) is 1. The highest BCUT2D eigenvalue weighted by Crippen LogP contribution is 2.27. The van der Waals surface area contributed by atoms with Crippen LogP contribution in [-0.4, -0.2) is 47.7 Å². The molecular weight excluding hydrogens is 584 g/mol. The lowest BCUT2D eigenvalue weighted by atomic mass is 9.99. The molecule has 0 aliphatic rings. The van der Waals surface area contributed by atoms with Gasteiger partial charge in [-0.1, -0.05) is 56.3 Å². The molecule has 230 valence electrons. The van der Waals surface area contributed by atoms with E-state index in [1.54, 1.807) is 18.2 Å². The zero-order valence-corrected chi connectivity index (χ0v) is 23.1. The van der Waals surface area contributed by atoms with Gasteiger partial charge in [0.05, 0.1) is 25.4 Å². The van der Waals surface area contributed by atoms with Crippen LogP contribution >= 0.6 is 0 Å². The minimum absolute atomic E-state index is 0.0246. The van der Waals surface area contributed by atoms with E-state index in [0.29, 0.717) is 11.3 Å². The molecule has 3 rings (SSSR count). The number of aromatic nitrogens is 1. The maximum Gasteiger partial charge on any atom is 0.471 e. The number of hydrogen-bond acceptors (Lipinski definition) is 5. The Morgan fingerprint density at radius 1 is 0.884 bits per heavy atom. The van der Waals surface area contributed by atoms with Crippen LogP contribution in [0, 0.1) is 5.92 Å². The lowest BCUT2D eigenvalue weighted by molar-refractivity contribution is -0.174. The second-order valence-corrected chi connectivity index (χ2v) is 9.75. The van der Waals surface area contributed by atoms with E-state index < -0.39 is 66.2 Å². The van der Waals surface area contributed by atoms with Gasteiger partial charge in [0.1, 0.15) is 18.0 Å². The largest absolute Gasteiger partial charge is 0.497 e. The quantitative estimate of drug-likeness (QED) is 0.330. The van der Waals surface area contributed by atoms with Gasteiger partial charge in [-0.2, -0.15) is 26.3 Å². The summed E-state index contributed by atoms with van der Waals surface area (Å²) in [4.78, 5) is 51.3. The molecule has 2 amide bonds. The number of halogens is 6. The number of nitrogens with one attached hydrogen (secondary N) is 1. The van der Waals surface area contributed by atoms with Crippen molar-refractivity contribution in [1.82, 2.24) is 9.88 Å². The lowest BCUT2D eigenvalue weighted by Gasteiger charge is -2.26. The molecule has 8 nitrogen and oxygen atoms in total. The molecule has 43 heavy (non-hydrogen) atoms. The SMILES string of the molecule is COc1ccc(CN(C(=O)C(F)(F)F)c2ccc(-c3ccccc3)n(CC(=O)NC(C(=O)C(F)(F)F)C(C)C)c2=O)cc1. The molecule has 1 N–H and O–H groups in total. The molecule has 1 atom stereocenters. The van der Waals surface area contributed by atoms with Gasteiger partial charge in [0.15, 0.2) is 0 Å². The monoisotopic (exact) mass is 611 g/mol. The Bertz CT molecular complexity index is 1520. The van der Waals surface area contributed by atoms with Crippen molar-refractivity contribution in [2.45, 2.75) is 45.3 Å². The molecule has 0 aliphatic heterocycles. The summed E-state index contributed by atoms with van der Waals surface area (Å²) in [5.41, 5.74) is -1.37. The van der Waals surface area contributed by atoms with Crippen molar-refractivity contribution in [3.05, 3.63) is 82.6 Å². The van der Waals surface area contributed by atoms with Crippen molar-refractivity contribution in [3.8, 4) is 17.0 Å². The lowest BCUT2D eigenvalue weighted by Crippen LogP contribution is -2.51. The fourth-order valence-electron chi connectivity index (χ4n) is 4.20. The number of alkyl halides is 6. The molecule has 14 heteroatoms. The number of amides is 2. The van der Waals surface area contributed by atoms with Crippen LogP contribution in [0.2, 0.25) is 0 Å². The molecule has 3 aromatic rings. The van der Waals surface area contributed by atoms with Crippen molar-refractivity contribution < 1.29 is 45.5 Å². The highest BCUT2D eigenvalue weighted by Gasteiger charge is 2.45. The maximum absolute atomic E-state index is 13.7. The summed E-state index contributed by atoms with van der Waals surface area (Å²) in [6, 6.07) is 13.8. The number of carbonyl (C=O) groups excluding carboxylic acids is 3. The zero-order valence-electron chi connectivity index (χ0n) is 23.1. The highest BCUT2D eigenvalue weighted by atomic mass is 19.4. The molecular formula is C29H27F6N3O5. The topological polar surface area (TPSA) is 97.7 Å². The van der Waals surface area contributed by atoms with E-state index in [9.17, 15) is 45.5 Å². The number of carbonyl (C=O) groups is 3. The van der Waals surface area contributed by atoms with E-state index in [-0.39, 0.29) is 16.2 Å². The van der Waals surface area contributed by atoms with Crippen LogP contribution in [-0.2, 0) is 27.5 Å². The molecule has 0 spiro atoms. The number of methoxy groups -OCH3 is 1. The summed E-state index contributed by atoms with van der Waals surface area (Å²) in [5.74, 6) is -6.35. The normalized spacial score (nSPS) is 12.5. The van der Waals surface area contributed by atoms with Crippen molar-refractivity contribution >= 4 is 23.3 Å². The molecule has 0 saturated carbocycles. The minimum Gasteiger partial charge on any atom is -0.497 e. The predicted octanol–water partition coefficient (Wildman–Crippen LogP) is 4.89.